The zero-order chi connectivity index (χ0) is 47.1. The molecule has 376 valence electrons. The van der Waals surface area contributed by atoms with E-state index in [9.17, 15) is 19.0 Å². The summed E-state index contributed by atoms with van der Waals surface area (Å²) in [5, 5.41) is 0. The van der Waals surface area contributed by atoms with Crippen LogP contribution in [-0.2, 0) is 32.7 Å². The van der Waals surface area contributed by atoms with E-state index in [1.165, 1.54) is 161 Å². The molecule has 0 spiro atoms. The number of phosphoric ester groups is 1. The molecule has 0 aliphatic rings. The number of rotatable bonds is 49. The average molecular weight is 924 g/mol. The Morgan fingerprint density at radius 2 is 0.844 bits per heavy atom. The first-order valence-corrected chi connectivity index (χ1v) is 28.2. The van der Waals surface area contributed by atoms with Gasteiger partial charge in [-0.25, -0.2) is 0 Å². The minimum Gasteiger partial charge on any atom is -0.756 e. The van der Waals surface area contributed by atoms with Gasteiger partial charge in [-0.15, -0.1) is 0 Å². The van der Waals surface area contributed by atoms with Gasteiger partial charge >= 0.3 is 11.9 Å². The van der Waals surface area contributed by atoms with Crippen LogP contribution < -0.4 is 4.89 Å². The average Bonchev–Trinajstić information content (AvgIpc) is 3.25. The van der Waals surface area contributed by atoms with Crippen molar-refractivity contribution in [3.8, 4) is 0 Å². The van der Waals surface area contributed by atoms with E-state index in [0.29, 0.717) is 17.4 Å². The van der Waals surface area contributed by atoms with Gasteiger partial charge in [-0.2, -0.15) is 0 Å². The Hall–Kier alpha value is -1.77. The predicted molar refractivity (Wildman–Crippen MR) is 268 cm³/mol. The number of esters is 2. The fraction of sp³-hybridized carbons (Fsp3) is 0.852. The van der Waals surface area contributed by atoms with Gasteiger partial charge in [-0.1, -0.05) is 198 Å². The molecule has 0 amide bonds. The van der Waals surface area contributed by atoms with Gasteiger partial charge in [0.15, 0.2) is 6.10 Å². The maximum absolute atomic E-state index is 12.7. The lowest BCUT2D eigenvalue weighted by Gasteiger charge is -2.28. The zero-order valence-electron chi connectivity index (χ0n) is 42.5. The quantitative estimate of drug-likeness (QED) is 0.0195. The van der Waals surface area contributed by atoms with Gasteiger partial charge < -0.3 is 27.9 Å². The first-order chi connectivity index (χ1) is 31.0. The number of hydrogen-bond acceptors (Lipinski definition) is 8. The molecule has 0 aromatic heterocycles. The third kappa shape index (κ3) is 49.7. The smallest absolute Gasteiger partial charge is 0.306 e. The number of carbonyl (C=O) groups excluding carboxylic acids is 2. The van der Waals surface area contributed by atoms with E-state index in [1.807, 2.05) is 21.1 Å². The molecule has 10 heteroatoms. The van der Waals surface area contributed by atoms with Crippen LogP contribution in [0.25, 0.3) is 0 Å². The van der Waals surface area contributed by atoms with Crippen LogP contribution in [0.2, 0.25) is 0 Å². The Labute approximate surface area is 395 Å². The van der Waals surface area contributed by atoms with Crippen LogP contribution in [0, 0.1) is 0 Å². The van der Waals surface area contributed by atoms with Gasteiger partial charge in [0.05, 0.1) is 27.7 Å². The van der Waals surface area contributed by atoms with Gasteiger partial charge in [0.1, 0.15) is 19.8 Å². The van der Waals surface area contributed by atoms with Crippen molar-refractivity contribution in [2.75, 3.05) is 47.5 Å². The van der Waals surface area contributed by atoms with E-state index < -0.39 is 26.5 Å². The minimum atomic E-state index is -4.63. The summed E-state index contributed by atoms with van der Waals surface area (Å²) in [7, 11) is 1.16. The largest absolute Gasteiger partial charge is 0.756 e. The van der Waals surface area contributed by atoms with Crippen molar-refractivity contribution in [3.05, 3.63) is 36.5 Å². The van der Waals surface area contributed by atoms with E-state index in [4.69, 9.17) is 18.5 Å². The monoisotopic (exact) mass is 924 g/mol. The molecule has 2 atom stereocenters. The summed E-state index contributed by atoms with van der Waals surface area (Å²) in [6.07, 6.45) is 54.6. The molecule has 0 rings (SSSR count). The molecule has 0 aliphatic carbocycles. The molecule has 0 aromatic rings. The topological polar surface area (TPSA) is 111 Å². The van der Waals surface area contributed by atoms with Crippen LogP contribution in [0.3, 0.4) is 0 Å². The highest BCUT2D eigenvalue weighted by Gasteiger charge is 2.21. The van der Waals surface area contributed by atoms with Crippen molar-refractivity contribution in [1.82, 2.24) is 0 Å². The van der Waals surface area contributed by atoms with E-state index in [2.05, 4.69) is 50.3 Å². The number of nitrogens with zero attached hydrogens (tertiary/aromatic N) is 1. The van der Waals surface area contributed by atoms with E-state index in [0.717, 1.165) is 51.4 Å². The minimum absolute atomic E-state index is 0.0321. The molecule has 0 fully saturated rings. The number of carbonyl (C=O) groups is 2. The van der Waals surface area contributed by atoms with Crippen molar-refractivity contribution in [3.63, 3.8) is 0 Å². The molecular formula is C54H102NO8P. The van der Waals surface area contributed by atoms with Gasteiger partial charge in [-0.05, 0) is 70.6 Å². The van der Waals surface area contributed by atoms with Crippen molar-refractivity contribution < 1.29 is 42.1 Å². The highest BCUT2D eigenvalue weighted by Crippen LogP contribution is 2.38. The molecule has 0 bridgehead atoms. The molecule has 0 aliphatic heterocycles. The number of hydrogen-bond donors (Lipinski definition) is 0. The van der Waals surface area contributed by atoms with Crippen LogP contribution in [0.15, 0.2) is 36.5 Å². The molecule has 0 N–H and O–H groups in total. The highest BCUT2D eigenvalue weighted by molar-refractivity contribution is 7.45. The second-order valence-electron chi connectivity index (χ2n) is 19.2. The van der Waals surface area contributed by atoms with Gasteiger partial charge in [-0.3, -0.25) is 14.2 Å². The summed E-state index contributed by atoms with van der Waals surface area (Å²) in [6.45, 7) is 4.22. The number of ether oxygens (including phenoxy) is 2. The first-order valence-electron chi connectivity index (χ1n) is 26.7. The van der Waals surface area contributed by atoms with Gasteiger partial charge in [0.2, 0.25) is 0 Å². The molecule has 0 radical (unpaired) electrons. The van der Waals surface area contributed by atoms with Crippen LogP contribution in [0.1, 0.15) is 245 Å². The van der Waals surface area contributed by atoms with E-state index in [-0.39, 0.29) is 32.0 Å². The second kappa shape index (κ2) is 46.3. The molecular weight excluding hydrogens is 822 g/mol. The number of likely N-dealkylation sites (N-methyl/N-ethyl adjacent to an activating group) is 1. The Morgan fingerprint density at radius 3 is 1.28 bits per heavy atom. The van der Waals surface area contributed by atoms with Crippen LogP contribution in [-0.4, -0.2) is 70.0 Å². The molecule has 0 saturated heterocycles. The third-order valence-corrected chi connectivity index (χ3v) is 12.6. The first kappa shape index (κ1) is 62.2. The summed E-state index contributed by atoms with van der Waals surface area (Å²) < 4.78 is 34.1. The summed E-state index contributed by atoms with van der Waals surface area (Å²) >= 11 is 0. The van der Waals surface area contributed by atoms with Crippen molar-refractivity contribution in [1.29, 1.82) is 0 Å². The normalized spacial score (nSPS) is 13.7. The fourth-order valence-electron chi connectivity index (χ4n) is 7.45. The SMILES string of the molecule is CCCCC/C=C\C/C=C\CCCCCCCCCC(=O)OC(COC(=O)CCCCCCCCCCCCC/C=C\CCCCCCCCCC)COP(=O)([O-])OCC[N+](C)(C)C. The maximum Gasteiger partial charge on any atom is 0.306 e. The van der Waals surface area contributed by atoms with Crippen molar-refractivity contribution in [2.45, 2.75) is 251 Å². The molecule has 0 aromatic carbocycles. The molecule has 9 nitrogen and oxygen atoms in total. The van der Waals surface area contributed by atoms with Crippen LogP contribution in [0.5, 0.6) is 0 Å². The Bertz CT molecular complexity index is 1180. The van der Waals surface area contributed by atoms with Gasteiger partial charge in [0.25, 0.3) is 7.82 Å². The molecule has 2 unspecified atom stereocenters. The summed E-state index contributed by atoms with van der Waals surface area (Å²) in [6, 6.07) is 0. The van der Waals surface area contributed by atoms with Crippen molar-refractivity contribution >= 4 is 19.8 Å². The summed E-state index contributed by atoms with van der Waals surface area (Å²) in [5.74, 6) is -0.836. The molecule has 64 heavy (non-hydrogen) atoms. The summed E-state index contributed by atoms with van der Waals surface area (Å²) in [5.41, 5.74) is 0. The lowest BCUT2D eigenvalue weighted by molar-refractivity contribution is -0.870. The zero-order valence-corrected chi connectivity index (χ0v) is 43.4. The second-order valence-corrected chi connectivity index (χ2v) is 20.6. The highest BCUT2D eigenvalue weighted by atomic mass is 31.2. The van der Waals surface area contributed by atoms with E-state index in [1.54, 1.807) is 0 Å². The lowest BCUT2D eigenvalue weighted by Crippen LogP contribution is -2.37. The Balaban J connectivity index is 4.20. The number of phosphoric acid groups is 1. The number of quaternary nitrogens is 1. The molecule has 0 heterocycles. The van der Waals surface area contributed by atoms with E-state index >= 15 is 0 Å². The lowest BCUT2D eigenvalue weighted by atomic mass is 10.0. The standard InChI is InChI=1S/C54H102NO8P/c1-6-8-10-12-14-16-18-20-22-24-25-26-27-28-29-31-32-34-36-38-40-42-44-46-53(56)60-50-52(51-62-64(58,59)61-49-48-55(3,4)5)63-54(57)47-45-43-41-39-37-35-33-30-23-21-19-17-15-13-11-9-7-2/h15,17,21,23-25,52H,6-14,16,18-20,22,26-51H2,1-5H3/b17-15-,23-21-,25-24-. The maximum atomic E-state index is 12.7. The third-order valence-electron chi connectivity index (χ3n) is 11.6. The Kier molecular flexibility index (Phi) is 45.1. The number of unbranched alkanes of at least 4 members (excludes halogenated alkanes) is 29. The van der Waals surface area contributed by atoms with Crippen molar-refractivity contribution in [2.24, 2.45) is 0 Å². The number of allylic oxidation sites excluding steroid dienone is 6. The molecule has 0 saturated carbocycles. The predicted octanol–water partition coefficient (Wildman–Crippen LogP) is 15.4. The van der Waals surface area contributed by atoms with Gasteiger partial charge in [0, 0.05) is 12.8 Å². The Morgan fingerprint density at radius 1 is 0.484 bits per heavy atom. The summed E-state index contributed by atoms with van der Waals surface area (Å²) in [4.78, 5) is 37.7. The van der Waals surface area contributed by atoms with Crippen LogP contribution in [0.4, 0.5) is 0 Å². The van der Waals surface area contributed by atoms with Crippen LogP contribution >= 0.6 is 7.82 Å². The fourth-order valence-corrected chi connectivity index (χ4v) is 8.17.